The zero-order chi connectivity index (χ0) is 15.6. The predicted octanol–water partition coefficient (Wildman–Crippen LogP) is 3.70. The monoisotopic (exact) mass is 359 g/mol. The molecule has 0 aliphatic heterocycles. The van der Waals surface area contributed by atoms with Gasteiger partial charge >= 0.3 is 6.18 Å². The summed E-state index contributed by atoms with van der Waals surface area (Å²) >= 11 is 3.09. The molecule has 1 amide bonds. The second-order valence-corrected chi connectivity index (χ2v) is 4.94. The summed E-state index contributed by atoms with van der Waals surface area (Å²) in [5, 5.41) is 2.37. The van der Waals surface area contributed by atoms with Crippen LogP contribution in [0.5, 0.6) is 0 Å². The molecular weight excluding hydrogens is 351 g/mol. The van der Waals surface area contributed by atoms with Crippen LogP contribution in [0.3, 0.4) is 0 Å². The number of hydrogen-bond donors (Lipinski definition) is 2. The molecule has 0 fully saturated rings. The van der Waals surface area contributed by atoms with E-state index in [0.29, 0.717) is 4.47 Å². The van der Waals surface area contributed by atoms with Crippen molar-refractivity contribution in [3.8, 4) is 0 Å². The Balaban J connectivity index is 2.31. The molecule has 0 unspecified atom stereocenters. The Morgan fingerprint density at radius 2 is 2.00 bits per heavy atom. The summed E-state index contributed by atoms with van der Waals surface area (Å²) in [6.45, 7) is 0. The van der Waals surface area contributed by atoms with E-state index in [4.69, 9.17) is 5.73 Å². The average molecular weight is 360 g/mol. The predicted molar refractivity (Wildman–Crippen MR) is 75.7 cm³/mol. The van der Waals surface area contributed by atoms with E-state index in [1.165, 1.54) is 24.4 Å². The van der Waals surface area contributed by atoms with Crippen molar-refractivity contribution in [2.75, 3.05) is 11.1 Å². The molecule has 2 aromatic rings. The number of nitrogens with zero attached hydrogens (tertiary/aromatic N) is 1. The molecule has 110 valence electrons. The highest BCUT2D eigenvalue weighted by atomic mass is 79.9. The fourth-order valence-electron chi connectivity index (χ4n) is 1.60. The highest BCUT2D eigenvalue weighted by Crippen LogP contribution is 2.34. The van der Waals surface area contributed by atoms with Gasteiger partial charge in [0.05, 0.1) is 16.8 Å². The first-order valence-corrected chi connectivity index (χ1v) is 6.47. The lowest BCUT2D eigenvalue weighted by atomic mass is 10.2. The van der Waals surface area contributed by atoms with Gasteiger partial charge in [0.2, 0.25) is 0 Å². The van der Waals surface area contributed by atoms with Gasteiger partial charge in [0.1, 0.15) is 5.82 Å². The number of rotatable bonds is 2. The third kappa shape index (κ3) is 3.52. The molecule has 0 aliphatic carbocycles. The SMILES string of the molecule is Nc1ncccc1C(=O)Nc1cc(C(F)(F)F)ccc1Br. The minimum absolute atomic E-state index is 0.00176. The van der Waals surface area contributed by atoms with Crippen LogP contribution in [0.25, 0.3) is 0 Å². The second-order valence-electron chi connectivity index (χ2n) is 4.08. The first-order valence-electron chi connectivity index (χ1n) is 5.67. The molecule has 0 radical (unpaired) electrons. The van der Waals surface area contributed by atoms with E-state index in [1.807, 2.05) is 0 Å². The number of benzene rings is 1. The highest BCUT2D eigenvalue weighted by Gasteiger charge is 2.31. The molecule has 2 rings (SSSR count). The van der Waals surface area contributed by atoms with E-state index in [2.05, 4.69) is 26.2 Å². The molecule has 1 aromatic carbocycles. The van der Waals surface area contributed by atoms with Crippen LogP contribution in [0.15, 0.2) is 41.0 Å². The number of carbonyl (C=O) groups excluding carboxylic acids is 1. The minimum atomic E-state index is -4.49. The van der Waals surface area contributed by atoms with Gasteiger partial charge in [-0.3, -0.25) is 4.79 Å². The van der Waals surface area contributed by atoms with Gasteiger partial charge in [-0.15, -0.1) is 0 Å². The molecule has 0 saturated heterocycles. The first-order chi connectivity index (χ1) is 9.79. The number of nitrogens with one attached hydrogen (secondary N) is 1. The third-order valence-electron chi connectivity index (χ3n) is 2.63. The normalized spacial score (nSPS) is 11.2. The molecule has 4 nitrogen and oxygen atoms in total. The molecule has 0 atom stereocenters. The number of pyridine rings is 1. The zero-order valence-corrected chi connectivity index (χ0v) is 12.0. The summed E-state index contributed by atoms with van der Waals surface area (Å²) in [7, 11) is 0. The number of hydrogen-bond acceptors (Lipinski definition) is 3. The second kappa shape index (κ2) is 5.72. The molecule has 0 aliphatic rings. The van der Waals surface area contributed by atoms with E-state index < -0.39 is 17.6 Å². The summed E-state index contributed by atoms with van der Waals surface area (Å²) in [5.41, 5.74) is 4.77. The van der Waals surface area contributed by atoms with Crippen LogP contribution in [0.1, 0.15) is 15.9 Å². The van der Waals surface area contributed by atoms with E-state index in [0.717, 1.165) is 12.1 Å². The van der Waals surface area contributed by atoms with Crippen LogP contribution < -0.4 is 11.1 Å². The molecule has 1 aromatic heterocycles. The van der Waals surface area contributed by atoms with Crippen molar-refractivity contribution >= 4 is 33.3 Å². The van der Waals surface area contributed by atoms with E-state index in [-0.39, 0.29) is 17.1 Å². The van der Waals surface area contributed by atoms with Crippen LogP contribution in [0.4, 0.5) is 24.7 Å². The van der Waals surface area contributed by atoms with Crippen LogP contribution in [0, 0.1) is 0 Å². The largest absolute Gasteiger partial charge is 0.416 e. The quantitative estimate of drug-likeness (QED) is 0.858. The molecule has 0 saturated carbocycles. The number of carbonyl (C=O) groups is 1. The maximum absolute atomic E-state index is 12.7. The number of nitrogen functional groups attached to an aromatic ring is 1. The molecule has 3 N–H and O–H groups in total. The molecule has 21 heavy (non-hydrogen) atoms. The van der Waals surface area contributed by atoms with Gasteiger partial charge in [0, 0.05) is 10.7 Å². The highest BCUT2D eigenvalue weighted by molar-refractivity contribution is 9.10. The minimum Gasteiger partial charge on any atom is -0.383 e. The number of nitrogens with two attached hydrogens (primary N) is 1. The van der Waals surface area contributed by atoms with Gasteiger partial charge < -0.3 is 11.1 Å². The molecule has 8 heteroatoms. The van der Waals surface area contributed by atoms with Gasteiger partial charge in [0.25, 0.3) is 5.91 Å². The number of halogens is 4. The van der Waals surface area contributed by atoms with Crippen molar-refractivity contribution < 1.29 is 18.0 Å². The zero-order valence-electron chi connectivity index (χ0n) is 10.4. The van der Waals surface area contributed by atoms with Crippen LogP contribution >= 0.6 is 15.9 Å². The number of aromatic nitrogens is 1. The van der Waals surface area contributed by atoms with Gasteiger partial charge in [-0.1, -0.05) is 0 Å². The molecule has 0 spiro atoms. The summed E-state index contributed by atoms with van der Waals surface area (Å²) < 4.78 is 38.3. The first kappa shape index (κ1) is 15.3. The Kier molecular flexibility index (Phi) is 4.17. The number of anilines is 2. The lowest BCUT2D eigenvalue weighted by Crippen LogP contribution is -2.16. The van der Waals surface area contributed by atoms with E-state index >= 15 is 0 Å². The van der Waals surface area contributed by atoms with Crippen molar-refractivity contribution in [2.45, 2.75) is 6.18 Å². The Bertz CT molecular complexity index is 689. The fraction of sp³-hybridized carbons (Fsp3) is 0.0769. The van der Waals surface area contributed by atoms with Gasteiger partial charge in [-0.05, 0) is 46.3 Å². The van der Waals surface area contributed by atoms with E-state index in [9.17, 15) is 18.0 Å². The van der Waals surface area contributed by atoms with Crippen molar-refractivity contribution in [3.05, 3.63) is 52.1 Å². The fourth-order valence-corrected chi connectivity index (χ4v) is 1.94. The summed E-state index contributed by atoms with van der Waals surface area (Å²) in [4.78, 5) is 15.8. The van der Waals surface area contributed by atoms with Crippen molar-refractivity contribution in [1.29, 1.82) is 0 Å². The summed E-state index contributed by atoms with van der Waals surface area (Å²) in [5.74, 6) is -0.640. The molecule has 0 bridgehead atoms. The smallest absolute Gasteiger partial charge is 0.383 e. The Morgan fingerprint density at radius 3 is 2.62 bits per heavy atom. The third-order valence-corrected chi connectivity index (χ3v) is 3.32. The number of amides is 1. The van der Waals surface area contributed by atoms with Gasteiger partial charge in [0.15, 0.2) is 0 Å². The number of alkyl halides is 3. The molecular formula is C13H9BrF3N3O. The topological polar surface area (TPSA) is 68.0 Å². The lowest BCUT2D eigenvalue weighted by molar-refractivity contribution is -0.137. The molecule has 1 heterocycles. The standard InChI is InChI=1S/C13H9BrF3N3O/c14-9-4-3-7(13(15,16)17)6-10(9)20-12(21)8-2-1-5-19-11(8)18/h1-6H,(H2,18,19)(H,20,21). The Hall–Kier alpha value is -2.09. The van der Waals surface area contributed by atoms with Crippen molar-refractivity contribution in [2.24, 2.45) is 0 Å². The van der Waals surface area contributed by atoms with Gasteiger partial charge in [-0.25, -0.2) is 4.98 Å². The van der Waals surface area contributed by atoms with Crippen molar-refractivity contribution in [1.82, 2.24) is 4.98 Å². The maximum Gasteiger partial charge on any atom is 0.416 e. The summed E-state index contributed by atoms with van der Waals surface area (Å²) in [6.07, 6.45) is -3.08. The van der Waals surface area contributed by atoms with Crippen LogP contribution in [-0.2, 0) is 6.18 Å². The van der Waals surface area contributed by atoms with Crippen LogP contribution in [-0.4, -0.2) is 10.9 Å². The van der Waals surface area contributed by atoms with E-state index in [1.54, 1.807) is 0 Å². The Morgan fingerprint density at radius 1 is 1.29 bits per heavy atom. The Labute approximate surface area is 126 Å². The average Bonchev–Trinajstić information content (AvgIpc) is 2.40. The van der Waals surface area contributed by atoms with Crippen molar-refractivity contribution in [3.63, 3.8) is 0 Å². The summed E-state index contributed by atoms with van der Waals surface area (Å²) in [6, 6.07) is 5.91. The maximum atomic E-state index is 12.7. The lowest BCUT2D eigenvalue weighted by Gasteiger charge is -2.12. The van der Waals surface area contributed by atoms with Crippen LogP contribution in [0.2, 0.25) is 0 Å². The van der Waals surface area contributed by atoms with Gasteiger partial charge in [-0.2, -0.15) is 13.2 Å².